The largest absolute Gasteiger partial charge is 0.256 e. The summed E-state index contributed by atoms with van der Waals surface area (Å²) < 4.78 is 0. The molecule has 0 aliphatic carbocycles. The molecule has 1 heteroatoms. The van der Waals surface area contributed by atoms with Gasteiger partial charge in [-0.15, -0.1) is 0 Å². The Bertz CT molecular complexity index is 709. The van der Waals surface area contributed by atoms with Crippen molar-refractivity contribution in [2.45, 2.75) is 6.42 Å². The third kappa shape index (κ3) is 2.41. The fourth-order valence-corrected chi connectivity index (χ4v) is 2.33. The molecule has 1 nitrogen and oxygen atoms in total. The van der Waals surface area contributed by atoms with E-state index in [1.54, 1.807) is 0 Å². The van der Waals surface area contributed by atoms with Gasteiger partial charge in [-0.2, -0.15) is 0 Å². The van der Waals surface area contributed by atoms with Gasteiger partial charge < -0.3 is 0 Å². The van der Waals surface area contributed by atoms with Gasteiger partial charge in [-0.1, -0.05) is 61.2 Å². The maximum atomic E-state index is 4.50. The Morgan fingerprint density at radius 3 is 2.47 bits per heavy atom. The summed E-state index contributed by atoms with van der Waals surface area (Å²) in [5, 5.41) is 2.38. The Balaban J connectivity index is 1.98. The molecular weight excluding hydrogens is 230 g/mol. The highest BCUT2D eigenvalue weighted by atomic mass is 14.7. The quantitative estimate of drug-likeness (QED) is 0.662. The van der Waals surface area contributed by atoms with Crippen molar-refractivity contribution in [3.05, 3.63) is 84.7 Å². The number of hydrogen-bond donors (Lipinski definition) is 0. The molecule has 0 aliphatic rings. The lowest BCUT2D eigenvalue weighted by molar-refractivity contribution is 1.23. The van der Waals surface area contributed by atoms with Gasteiger partial charge in [0.25, 0.3) is 0 Å². The molecule has 0 amide bonds. The predicted molar refractivity (Wildman–Crippen MR) is 80.9 cm³/mol. The van der Waals surface area contributed by atoms with Gasteiger partial charge in [0.2, 0.25) is 0 Å². The molecule has 3 aromatic rings. The van der Waals surface area contributed by atoms with Crippen molar-refractivity contribution >= 4 is 16.3 Å². The molecule has 0 radical (unpaired) electrons. The number of aromatic nitrogens is 1. The van der Waals surface area contributed by atoms with E-state index in [0.29, 0.717) is 0 Å². The minimum Gasteiger partial charge on any atom is -0.256 e. The molecule has 0 unspecified atom stereocenters. The SMILES string of the molecule is C=C(Cc1ccccc1)c1nccc2ccccc12. The lowest BCUT2D eigenvalue weighted by Gasteiger charge is -2.08. The first-order chi connectivity index (χ1) is 9.34. The van der Waals surface area contributed by atoms with Crippen molar-refractivity contribution in [3.8, 4) is 0 Å². The second-order valence-electron chi connectivity index (χ2n) is 4.65. The average Bonchev–Trinajstić information content (AvgIpc) is 2.47. The van der Waals surface area contributed by atoms with Crippen molar-refractivity contribution in [2.24, 2.45) is 0 Å². The monoisotopic (exact) mass is 245 g/mol. The third-order valence-electron chi connectivity index (χ3n) is 3.27. The van der Waals surface area contributed by atoms with Gasteiger partial charge in [0.1, 0.15) is 0 Å². The Morgan fingerprint density at radius 1 is 0.895 bits per heavy atom. The molecule has 0 aliphatic heterocycles. The highest BCUT2D eigenvalue weighted by Gasteiger charge is 2.06. The highest BCUT2D eigenvalue weighted by Crippen LogP contribution is 2.24. The van der Waals surface area contributed by atoms with Crippen molar-refractivity contribution in [1.82, 2.24) is 4.98 Å². The molecule has 1 aromatic heterocycles. The summed E-state index contributed by atoms with van der Waals surface area (Å²) >= 11 is 0. The molecule has 0 bridgehead atoms. The first-order valence-electron chi connectivity index (χ1n) is 6.40. The van der Waals surface area contributed by atoms with Crippen LogP contribution < -0.4 is 0 Å². The topological polar surface area (TPSA) is 12.9 Å². The summed E-state index contributed by atoms with van der Waals surface area (Å²) in [6.07, 6.45) is 2.69. The van der Waals surface area contributed by atoms with Gasteiger partial charge >= 0.3 is 0 Å². The molecule has 0 atom stereocenters. The van der Waals surface area contributed by atoms with Gasteiger partial charge in [0, 0.05) is 11.6 Å². The minimum atomic E-state index is 0.835. The molecule has 2 aromatic carbocycles. The van der Waals surface area contributed by atoms with Gasteiger partial charge in [-0.05, 0) is 29.0 Å². The highest BCUT2D eigenvalue weighted by molar-refractivity contribution is 5.91. The van der Waals surface area contributed by atoms with Crippen LogP contribution in [0.15, 0.2) is 73.4 Å². The van der Waals surface area contributed by atoms with E-state index in [1.807, 2.05) is 30.5 Å². The fraction of sp³-hybridized carbons (Fsp3) is 0.0556. The first-order valence-corrected chi connectivity index (χ1v) is 6.40. The van der Waals surface area contributed by atoms with E-state index in [0.717, 1.165) is 17.7 Å². The van der Waals surface area contributed by atoms with Crippen LogP contribution in [-0.2, 0) is 6.42 Å². The summed E-state index contributed by atoms with van der Waals surface area (Å²) in [5.74, 6) is 0. The molecular formula is C18H15N. The molecule has 0 N–H and O–H groups in total. The zero-order valence-corrected chi connectivity index (χ0v) is 10.7. The number of allylic oxidation sites excluding steroid dienone is 1. The summed E-state index contributed by atoms with van der Waals surface area (Å²) in [4.78, 5) is 4.50. The van der Waals surface area contributed by atoms with Gasteiger partial charge in [-0.3, -0.25) is 4.98 Å². The van der Waals surface area contributed by atoms with Crippen LogP contribution in [0.25, 0.3) is 16.3 Å². The van der Waals surface area contributed by atoms with Gasteiger partial charge in [0.05, 0.1) is 5.69 Å². The van der Waals surface area contributed by atoms with Crippen LogP contribution in [0.4, 0.5) is 0 Å². The second kappa shape index (κ2) is 5.07. The Labute approximate surface area is 113 Å². The molecule has 3 rings (SSSR count). The van der Waals surface area contributed by atoms with Crippen molar-refractivity contribution < 1.29 is 0 Å². The van der Waals surface area contributed by atoms with E-state index in [-0.39, 0.29) is 0 Å². The number of fused-ring (bicyclic) bond motifs is 1. The molecule has 0 fully saturated rings. The predicted octanol–water partition coefficient (Wildman–Crippen LogP) is 4.49. The van der Waals surface area contributed by atoms with Crippen LogP contribution in [0.5, 0.6) is 0 Å². The average molecular weight is 245 g/mol. The zero-order chi connectivity index (χ0) is 13.1. The summed E-state index contributed by atoms with van der Waals surface area (Å²) in [5.41, 5.74) is 3.33. The summed E-state index contributed by atoms with van der Waals surface area (Å²) in [7, 11) is 0. The van der Waals surface area contributed by atoms with Crippen molar-refractivity contribution in [2.75, 3.05) is 0 Å². The smallest absolute Gasteiger partial charge is 0.0737 e. The van der Waals surface area contributed by atoms with Crippen molar-refractivity contribution in [1.29, 1.82) is 0 Å². The summed E-state index contributed by atoms with van der Waals surface area (Å²) in [6.45, 7) is 4.21. The maximum Gasteiger partial charge on any atom is 0.0737 e. The van der Waals surface area contributed by atoms with E-state index >= 15 is 0 Å². The molecule has 19 heavy (non-hydrogen) atoms. The van der Waals surface area contributed by atoms with E-state index in [1.165, 1.54) is 16.3 Å². The molecule has 92 valence electrons. The minimum absolute atomic E-state index is 0.835. The van der Waals surface area contributed by atoms with Crippen LogP contribution in [0.1, 0.15) is 11.3 Å². The van der Waals surface area contributed by atoms with Gasteiger partial charge in [0.15, 0.2) is 0 Å². The van der Waals surface area contributed by atoms with E-state index < -0.39 is 0 Å². The molecule has 0 saturated carbocycles. The lowest BCUT2D eigenvalue weighted by Crippen LogP contribution is -1.93. The molecule has 1 heterocycles. The van der Waals surface area contributed by atoms with Crippen LogP contribution in [0.2, 0.25) is 0 Å². The number of hydrogen-bond acceptors (Lipinski definition) is 1. The molecule has 0 spiro atoms. The summed E-state index contributed by atoms with van der Waals surface area (Å²) in [6, 6.07) is 20.7. The second-order valence-corrected chi connectivity index (χ2v) is 4.65. The third-order valence-corrected chi connectivity index (χ3v) is 3.27. The molecule has 0 saturated heterocycles. The van der Waals surface area contributed by atoms with Crippen LogP contribution >= 0.6 is 0 Å². The number of benzene rings is 2. The van der Waals surface area contributed by atoms with Crippen molar-refractivity contribution in [3.63, 3.8) is 0 Å². The van der Waals surface area contributed by atoms with Crippen LogP contribution in [0, 0.1) is 0 Å². The number of pyridine rings is 1. The Hall–Kier alpha value is -2.41. The number of rotatable bonds is 3. The van der Waals surface area contributed by atoms with E-state index in [2.05, 4.69) is 48.0 Å². The Kier molecular flexibility index (Phi) is 3.11. The van der Waals surface area contributed by atoms with E-state index in [4.69, 9.17) is 0 Å². The zero-order valence-electron chi connectivity index (χ0n) is 10.7. The number of nitrogens with zero attached hydrogens (tertiary/aromatic N) is 1. The first kappa shape index (κ1) is 11.7. The fourth-order valence-electron chi connectivity index (χ4n) is 2.33. The standard InChI is InChI=1S/C18H15N/c1-14(13-15-7-3-2-4-8-15)18-17-10-6-5-9-16(17)11-12-19-18/h2-12H,1,13H2. The normalized spacial score (nSPS) is 10.5. The lowest BCUT2D eigenvalue weighted by atomic mass is 9.99. The Morgan fingerprint density at radius 2 is 1.63 bits per heavy atom. The van der Waals surface area contributed by atoms with Crippen LogP contribution in [0.3, 0.4) is 0 Å². The van der Waals surface area contributed by atoms with Gasteiger partial charge in [-0.25, -0.2) is 0 Å². The van der Waals surface area contributed by atoms with Crippen LogP contribution in [-0.4, -0.2) is 4.98 Å². The maximum absolute atomic E-state index is 4.50. The van der Waals surface area contributed by atoms with E-state index in [9.17, 15) is 0 Å².